The minimum atomic E-state index is -0.786. The Hall–Kier alpha value is -2.89. The van der Waals surface area contributed by atoms with Crippen LogP contribution < -0.4 is 0 Å². The molecule has 0 spiro atoms. The van der Waals surface area contributed by atoms with Crippen molar-refractivity contribution >= 4 is 17.9 Å². The Morgan fingerprint density at radius 1 is 0.362 bits per heavy atom. The van der Waals surface area contributed by atoms with E-state index in [1.807, 2.05) is 0 Å². The van der Waals surface area contributed by atoms with Gasteiger partial charge in [-0.15, -0.1) is 0 Å². The van der Waals surface area contributed by atoms with Gasteiger partial charge in [0, 0.05) is 19.3 Å². The summed E-state index contributed by atoms with van der Waals surface area (Å²) in [7, 11) is 0. The molecule has 0 heterocycles. The number of allylic oxidation sites excluding steroid dienone is 10. The van der Waals surface area contributed by atoms with E-state index in [4.69, 9.17) is 14.2 Å². The predicted molar refractivity (Wildman–Crippen MR) is 247 cm³/mol. The van der Waals surface area contributed by atoms with Crippen molar-refractivity contribution < 1.29 is 28.6 Å². The first-order valence-corrected chi connectivity index (χ1v) is 24.3. The molecule has 0 amide bonds. The normalized spacial score (nSPS) is 12.5. The molecule has 0 aromatic rings. The summed E-state index contributed by atoms with van der Waals surface area (Å²) in [5.74, 6) is -0.925. The van der Waals surface area contributed by atoms with E-state index in [-0.39, 0.29) is 31.1 Å². The summed E-state index contributed by atoms with van der Waals surface area (Å²) >= 11 is 0. The third kappa shape index (κ3) is 44.2. The highest BCUT2D eigenvalue weighted by Crippen LogP contribution is 2.15. The summed E-state index contributed by atoms with van der Waals surface area (Å²) in [6.07, 6.45) is 56.3. The van der Waals surface area contributed by atoms with Crippen molar-refractivity contribution in [2.45, 2.75) is 239 Å². The Morgan fingerprint density at radius 2 is 0.690 bits per heavy atom. The monoisotopic (exact) mass is 811 g/mol. The van der Waals surface area contributed by atoms with Crippen LogP contribution in [-0.2, 0) is 28.6 Å². The van der Waals surface area contributed by atoms with Crippen LogP contribution in [0.25, 0.3) is 0 Å². The second kappa shape index (κ2) is 46.8. The van der Waals surface area contributed by atoms with Crippen molar-refractivity contribution in [1.29, 1.82) is 0 Å². The molecule has 6 nitrogen and oxygen atoms in total. The minimum absolute atomic E-state index is 0.0878. The average Bonchev–Trinajstić information content (AvgIpc) is 3.22. The van der Waals surface area contributed by atoms with Crippen LogP contribution in [0, 0.1) is 0 Å². The number of ether oxygens (including phenoxy) is 3. The van der Waals surface area contributed by atoms with Gasteiger partial charge in [0.2, 0.25) is 0 Å². The first kappa shape index (κ1) is 55.1. The van der Waals surface area contributed by atoms with Gasteiger partial charge < -0.3 is 14.2 Å². The van der Waals surface area contributed by atoms with Gasteiger partial charge in [0.1, 0.15) is 13.2 Å². The Kier molecular flexibility index (Phi) is 44.5. The lowest BCUT2D eigenvalue weighted by atomic mass is 10.0. The smallest absolute Gasteiger partial charge is 0.306 e. The van der Waals surface area contributed by atoms with E-state index in [0.29, 0.717) is 19.3 Å². The fourth-order valence-corrected chi connectivity index (χ4v) is 6.65. The summed E-state index contributed by atoms with van der Waals surface area (Å²) in [6.45, 7) is 6.42. The molecule has 0 aromatic heterocycles. The number of rotatable bonds is 43. The third-order valence-electron chi connectivity index (χ3n) is 10.3. The van der Waals surface area contributed by atoms with Crippen molar-refractivity contribution in [1.82, 2.24) is 0 Å². The van der Waals surface area contributed by atoms with Crippen LogP contribution >= 0.6 is 0 Å². The lowest BCUT2D eigenvalue weighted by Crippen LogP contribution is -2.30. The molecule has 0 saturated heterocycles. The average molecular weight is 811 g/mol. The number of unbranched alkanes of at least 4 members (excludes halogenated alkanes) is 25. The molecule has 0 aromatic carbocycles. The molecular weight excluding hydrogens is 721 g/mol. The fourth-order valence-electron chi connectivity index (χ4n) is 6.65. The molecule has 0 rings (SSSR count). The van der Waals surface area contributed by atoms with E-state index < -0.39 is 6.10 Å². The van der Waals surface area contributed by atoms with Gasteiger partial charge in [0.25, 0.3) is 0 Å². The summed E-state index contributed by atoms with van der Waals surface area (Å²) in [6, 6.07) is 0. The van der Waals surface area contributed by atoms with Crippen LogP contribution in [0.5, 0.6) is 0 Å². The van der Waals surface area contributed by atoms with Crippen LogP contribution in [0.4, 0.5) is 0 Å². The van der Waals surface area contributed by atoms with Crippen molar-refractivity contribution in [2.24, 2.45) is 0 Å². The zero-order valence-electron chi connectivity index (χ0n) is 38.0. The highest BCUT2D eigenvalue weighted by Gasteiger charge is 2.19. The van der Waals surface area contributed by atoms with E-state index in [9.17, 15) is 14.4 Å². The van der Waals surface area contributed by atoms with Crippen LogP contribution in [0.2, 0.25) is 0 Å². The standard InChI is InChI=1S/C52H90O6/c1-4-7-10-13-16-19-22-24-26-28-30-33-36-39-42-45-51(54)57-48-49(47-56-50(53)44-41-38-35-32-29-21-18-15-12-9-6-3)58-52(55)46-43-40-37-34-31-27-25-23-20-17-14-11-8-5-2/h7,10,13,15-16,18-19,21-22,29,49H,4-6,8-9,11-12,14,17,20,23-28,30-48H2,1-3H3/b10-7-,16-13-,18-15-,22-19-,29-21-. The van der Waals surface area contributed by atoms with Crippen molar-refractivity contribution in [3.05, 3.63) is 60.8 Å². The highest BCUT2D eigenvalue weighted by atomic mass is 16.6. The molecular formula is C52H90O6. The topological polar surface area (TPSA) is 78.9 Å². The van der Waals surface area contributed by atoms with Gasteiger partial charge in [-0.2, -0.15) is 0 Å². The minimum Gasteiger partial charge on any atom is -0.462 e. The third-order valence-corrected chi connectivity index (χ3v) is 10.3. The number of carbonyl (C=O) groups excluding carboxylic acids is 3. The molecule has 6 heteroatoms. The molecule has 334 valence electrons. The van der Waals surface area contributed by atoms with Crippen molar-refractivity contribution in [3.63, 3.8) is 0 Å². The number of hydrogen-bond donors (Lipinski definition) is 0. The molecule has 0 radical (unpaired) electrons. The Morgan fingerprint density at radius 3 is 1.12 bits per heavy atom. The molecule has 1 unspecified atom stereocenters. The maximum atomic E-state index is 12.8. The molecule has 0 aliphatic rings. The lowest BCUT2D eigenvalue weighted by Gasteiger charge is -2.18. The van der Waals surface area contributed by atoms with Crippen molar-refractivity contribution in [3.8, 4) is 0 Å². The molecule has 0 fully saturated rings. The molecule has 58 heavy (non-hydrogen) atoms. The van der Waals surface area contributed by atoms with Gasteiger partial charge in [0.05, 0.1) is 0 Å². The largest absolute Gasteiger partial charge is 0.462 e. The summed E-state index contributed by atoms with van der Waals surface area (Å²) in [5.41, 5.74) is 0. The molecule has 0 aliphatic carbocycles. The maximum Gasteiger partial charge on any atom is 0.306 e. The van der Waals surface area contributed by atoms with E-state index in [2.05, 4.69) is 81.5 Å². The first-order valence-electron chi connectivity index (χ1n) is 24.3. The summed E-state index contributed by atoms with van der Waals surface area (Å²) < 4.78 is 16.7. The summed E-state index contributed by atoms with van der Waals surface area (Å²) in [4.78, 5) is 37.8. The fraction of sp³-hybridized carbons (Fsp3) is 0.750. The molecule has 0 N–H and O–H groups in total. The molecule has 1 atom stereocenters. The van der Waals surface area contributed by atoms with Gasteiger partial charge in [-0.3, -0.25) is 14.4 Å². The number of carbonyl (C=O) groups is 3. The van der Waals surface area contributed by atoms with Crippen LogP contribution in [0.3, 0.4) is 0 Å². The van der Waals surface area contributed by atoms with Crippen LogP contribution in [0.1, 0.15) is 233 Å². The van der Waals surface area contributed by atoms with Crippen LogP contribution in [0.15, 0.2) is 60.8 Å². The molecule has 0 saturated carbocycles. The lowest BCUT2D eigenvalue weighted by molar-refractivity contribution is -0.167. The first-order chi connectivity index (χ1) is 28.5. The zero-order chi connectivity index (χ0) is 42.3. The second-order valence-corrected chi connectivity index (χ2v) is 16.1. The Bertz CT molecular complexity index is 1070. The van der Waals surface area contributed by atoms with Gasteiger partial charge in [-0.25, -0.2) is 0 Å². The van der Waals surface area contributed by atoms with Crippen LogP contribution in [-0.4, -0.2) is 37.2 Å². The quantitative estimate of drug-likeness (QED) is 0.0264. The number of hydrogen-bond acceptors (Lipinski definition) is 6. The van der Waals surface area contributed by atoms with E-state index >= 15 is 0 Å². The highest BCUT2D eigenvalue weighted by molar-refractivity contribution is 5.71. The maximum absolute atomic E-state index is 12.8. The molecule has 0 aliphatic heterocycles. The van der Waals surface area contributed by atoms with Crippen molar-refractivity contribution in [2.75, 3.05) is 13.2 Å². The van der Waals surface area contributed by atoms with E-state index in [0.717, 1.165) is 83.5 Å². The van der Waals surface area contributed by atoms with Gasteiger partial charge in [0.15, 0.2) is 6.10 Å². The van der Waals surface area contributed by atoms with E-state index in [1.165, 1.54) is 109 Å². The predicted octanol–water partition coefficient (Wildman–Crippen LogP) is 15.7. The second-order valence-electron chi connectivity index (χ2n) is 16.1. The Labute approximate surface area is 358 Å². The number of esters is 3. The zero-order valence-corrected chi connectivity index (χ0v) is 38.0. The van der Waals surface area contributed by atoms with Gasteiger partial charge in [-0.1, -0.05) is 216 Å². The molecule has 0 bridgehead atoms. The Balaban J connectivity index is 4.40. The summed E-state index contributed by atoms with van der Waals surface area (Å²) in [5, 5.41) is 0. The van der Waals surface area contributed by atoms with E-state index in [1.54, 1.807) is 0 Å². The SMILES string of the molecule is CC\C=C/C=C\C=C/CCCCCCCCCC(=O)OCC(COC(=O)CCCCC/C=C\C=C/CCCC)OC(=O)CCCCCCCCCCCCCCCC. The van der Waals surface area contributed by atoms with Gasteiger partial charge in [-0.05, 0) is 57.8 Å². The van der Waals surface area contributed by atoms with Gasteiger partial charge >= 0.3 is 17.9 Å².